The Kier molecular flexibility index (Phi) is 6.17. The van der Waals surface area contributed by atoms with E-state index in [0.717, 1.165) is 17.9 Å². The first-order chi connectivity index (χ1) is 14.3. The van der Waals surface area contributed by atoms with Crippen LogP contribution in [0.3, 0.4) is 0 Å². The highest BCUT2D eigenvalue weighted by Gasteiger charge is 2.36. The number of halogens is 8. The maximum Gasteiger partial charge on any atom is 0.420 e. The van der Waals surface area contributed by atoms with Crippen LogP contribution < -0.4 is 0 Å². The summed E-state index contributed by atoms with van der Waals surface area (Å²) in [7, 11) is 0. The number of aryl methyl sites for hydroxylation is 1. The Bertz CT molecular complexity index is 1310. The van der Waals surface area contributed by atoms with Crippen molar-refractivity contribution in [2.24, 2.45) is 0 Å². The molecular weight excluding hydrogens is 560 g/mol. The molecule has 0 saturated heterocycles. The zero-order chi connectivity index (χ0) is 23.1. The van der Waals surface area contributed by atoms with E-state index in [1.54, 1.807) is 19.1 Å². The lowest BCUT2D eigenvalue weighted by molar-refractivity contribution is -0.137. The summed E-state index contributed by atoms with van der Waals surface area (Å²) in [6.45, 7) is 1.73. The van der Waals surface area contributed by atoms with Crippen molar-refractivity contribution in [1.82, 2.24) is 0 Å². The minimum absolute atomic E-state index is 0.0892. The number of nitrogens with zero attached hydrogens (tertiary/aromatic N) is 1. The fraction of sp³-hybridized carbons (Fsp3) is 0.150. The molecule has 0 aliphatic rings. The summed E-state index contributed by atoms with van der Waals surface area (Å²) in [5, 5.41) is 8.65. The third-order valence-corrected chi connectivity index (χ3v) is 5.32. The van der Waals surface area contributed by atoms with Crippen LogP contribution in [-0.4, -0.2) is 0 Å². The Morgan fingerprint density at radius 3 is 1.68 bits per heavy atom. The summed E-state index contributed by atoms with van der Waals surface area (Å²) in [5.74, 6) is 0. The molecule has 0 fully saturated rings. The molecule has 2 aromatic carbocycles. The number of rotatable bonds is 0. The second-order valence-corrected chi connectivity index (χ2v) is 8.07. The Balaban J connectivity index is 0.000000176. The summed E-state index contributed by atoms with van der Waals surface area (Å²) in [6, 6.07) is 7.54. The summed E-state index contributed by atoms with van der Waals surface area (Å²) in [6.07, 6.45) is -7.47. The van der Waals surface area contributed by atoms with Crippen LogP contribution in [0.2, 0.25) is 0 Å². The average molecular weight is 569 g/mol. The summed E-state index contributed by atoms with van der Waals surface area (Å²) in [5.41, 5.74) is -0.394. The molecule has 0 N–H and O–H groups in total. The molecule has 0 amide bonds. The summed E-state index contributed by atoms with van der Waals surface area (Å²) >= 11 is 6.22. The van der Waals surface area contributed by atoms with Gasteiger partial charge in [0.1, 0.15) is 34.8 Å². The van der Waals surface area contributed by atoms with E-state index in [1.165, 1.54) is 12.1 Å². The van der Waals surface area contributed by atoms with E-state index in [0.29, 0.717) is 15.2 Å². The van der Waals surface area contributed by atoms with Gasteiger partial charge >= 0.3 is 12.4 Å². The number of furan rings is 2. The number of fused-ring (bicyclic) bond motifs is 2. The molecule has 0 unspecified atom stereocenters. The summed E-state index contributed by atoms with van der Waals surface area (Å²) in [4.78, 5) is 0. The molecule has 0 atom stereocenters. The van der Waals surface area contributed by atoms with Gasteiger partial charge in [-0.1, -0.05) is 0 Å². The highest BCUT2D eigenvalue weighted by molar-refractivity contribution is 9.11. The van der Waals surface area contributed by atoms with E-state index >= 15 is 0 Å². The minimum atomic E-state index is -4.49. The van der Waals surface area contributed by atoms with Crippen LogP contribution >= 0.6 is 31.9 Å². The fourth-order valence-electron chi connectivity index (χ4n) is 2.83. The standard InChI is InChI=1S/C10H3BrF3NO.C10H6BrF3O/c11-8-2-5(3-15)1-6-7(10(12,13)14)4-16-9(6)8;1-5-2-6-7(10(12,13)14)4-15-9(6)8(11)3-5/h1-2,4H;2-4H,1H3. The molecule has 0 aliphatic heterocycles. The summed E-state index contributed by atoms with van der Waals surface area (Å²) < 4.78 is 85.9. The molecule has 4 aromatic rings. The zero-order valence-corrected chi connectivity index (χ0v) is 18.4. The Hall–Kier alpha value is -2.45. The molecular formula is C20H9Br2F6NO2. The smallest absolute Gasteiger partial charge is 0.420 e. The monoisotopic (exact) mass is 567 g/mol. The van der Waals surface area contributed by atoms with Crippen molar-refractivity contribution in [1.29, 1.82) is 5.26 Å². The van der Waals surface area contributed by atoms with Crippen molar-refractivity contribution in [3.8, 4) is 6.07 Å². The number of benzene rings is 2. The maximum atomic E-state index is 12.6. The van der Waals surface area contributed by atoms with Crippen molar-refractivity contribution in [2.75, 3.05) is 0 Å². The normalized spacial score (nSPS) is 12.0. The molecule has 0 saturated carbocycles. The zero-order valence-electron chi connectivity index (χ0n) is 15.3. The quantitative estimate of drug-likeness (QED) is 0.200. The number of alkyl halides is 6. The fourth-order valence-corrected chi connectivity index (χ4v) is 4.05. The highest BCUT2D eigenvalue weighted by Crippen LogP contribution is 2.40. The minimum Gasteiger partial charge on any atom is -0.463 e. The van der Waals surface area contributed by atoms with Gasteiger partial charge in [-0.2, -0.15) is 31.6 Å². The molecule has 11 heteroatoms. The van der Waals surface area contributed by atoms with Gasteiger partial charge in [0.15, 0.2) is 0 Å². The van der Waals surface area contributed by atoms with Gasteiger partial charge in [-0.25, -0.2) is 0 Å². The lowest BCUT2D eigenvalue weighted by Crippen LogP contribution is -2.03. The average Bonchev–Trinajstić information content (AvgIpc) is 3.25. The number of hydrogen-bond acceptors (Lipinski definition) is 3. The van der Waals surface area contributed by atoms with E-state index in [4.69, 9.17) is 14.1 Å². The first-order valence-corrected chi connectivity index (χ1v) is 9.84. The van der Waals surface area contributed by atoms with E-state index in [9.17, 15) is 26.3 Å². The van der Waals surface area contributed by atoms with Crippen LogP contribution in [0.4, 0.5) is 26.3 Å². The van der Waals surface area contributed by atoms with Crippen molar-refractivity contribution >= 4 is 53.8 Å². The van der Waals surface area contributed by atoms with Crippen LogP contribution in [0.5, 0.6) is 0 Å². The molecule has 2 heterocycles. The van der Waals surface area contributed by atoms with Crippen molar-refractivity contribution in [3.05, 3.63) is 68.0 Å². The lowest BCUT2D eigenvalue weighted by Gasteiger charge is -2.03. The van der Waals surface area contributed by atoms with Gasteiger partial charge in [0.2, 0.25) is 0 Å². The van der Waals surface area contributed by atoms with Gasteiger partial charge in [0, 0.05) is 10.8 Å². The van der Waals surface area contributed by atoms with Crippen molar-refractivity contribution in [3.63, 3.8) is 0 Å². The second-order valence-electron chi connectivity index (χ2n) is 6.36. The molecule has 3 nitrogen and oxygen atoms in total. The Morgan fingerprint density at radius 1 is 0.774 bits per heavy atom. The molecule has 31 heavy (non-hydrogen) atoms. The second kappa shape index (κ2) is 8.24. The van der Waals surface area contributed by atoms with Crippen LogP contribution in [0, 0.1) is 18.3 Å². The van der Waals surface area contributed by atoms with E-state index in [1.807, 2.05) is 0 Å². The predicted octanol–water partition coefficient (Wildman–Crippen LogP) is 8.61. The topological polar surface area (TPSA) is 50.1 Å². The largest absolute Gasteiger partial charge is 0.463 e. The van der Waals surface area contributed by atoms with E-state index in [-0.39, 0.29) is 27.5 Å². The van der Waals surface area contributed by atoms with Gasteiger partial charge in [0.05, 0.1) is 20.6 Å². The van der Waals surface area contributed by atoms with Gasteiger partial charge in [-0.15, -0.1) is 0 Å². The van der Waals surface area contributed by atoms with Crippen LogP contribution in [0.1, 0.15) is 22.3 Å². The molecule has 4 rings (SSSR count). The van der Waals surface area contributed by atoms with E-state index in [2.05, 4.69) is 31.9 Å². The first-order valence-electron chi connectivity index (χ1n) is 8.25. The molecule has 0 aliphatic carbocycles. The van der Waals surface area contributed by atoms with Gasteiger partial charge < -0.3 is 8.83 Å². The van der Waals surface area contributed by atoms with Crippen molar-refractivity contribution < 1.29 is 35.2 Å². The third kappa shape index (κ3) is 4.75. The van der Waals surface area contributed by atoms with E-state index < -0.39 is 23.5 Å². The van der Waals surface area contributed by atoms with Gasteiger partial charge in [-0.05, 0) is 68.6 Å². The van der Waals surface area contributed by atoms with Crippen LogP contribution in [0.25, 0.3) is 21.9 Å². The van der Waals surface area contributed by atoms with Crippen molar-refractivity contribution in [2.45, 2.75) is 19.3 Å². The SMILES string of the molecule is Cc1cc(Br)c2occ(C(F)(F)F)c2c1.N#Cc1cc(Br)c2occ(C(F)(F)F)c2c1. The molecule has 0 bridgehead atoms. The number of nitriles is 1. The first kappa shape index (κ1) is 23.2. The lowest BCUT2D eigenvalue weighted by atomic mass is 10.1. The highest BCUT2D eigenvalue weighted by atomic mass is 79.9. The predicted molar refractivity (Wildman–Crippen MR) is 107 cm³/mol. The van der Waals surface area contributed by atoms with Crippen LogP contribution in [0.15, 0.2) is 54.6 Å². The molecule has 162 valence electrons. The molecule has 0 radical (unpaired) electrons. The van der Waals surface area contributed by atoms with Gasteiger partial charge in [0.25, 0.3) is 0 Å². The number of hydrogen-bond donors (Lipinski definition) is 0. The molecule has 2 aromatic heterocycles. The molecule has 0 spiro atoms. The Morgan fingerprint density at radius 2 is 1.23 bits per heavy atom. The van der Waals surface area contributed by atoms with Crippen LogP contribution in [-0.2, 0) is 12.4 Å². The third-order valence-electron chi connectivity index (χ3n) is 4.14. The maximum absolute atomic E-state index is 12.6. The Labute approximate surface area is 187 Å². The van der Waals surface area contributed by atoms with Gasteiger partial charge in [-0.3, -0.25) is 0 Å².